The largest absolute Gasteiger partial charge is 0.478 e. The lowest BCUT2D eigenvalue weighted by Crippen LogP contribution is -2.31. The fraction of sp³-hybridized carbons (Fsp3) is 0.300. The van der Waals surface area contributed by atoms with Gasteiger partial charge >= 0.3 is 5.97 Å². The molecule has 0 atom stereocenters. The minimum absolute atomic E-state index is 0.0727. The van der Waals surface area contributed by atoms with Gasteiger partial charge in [-0.1, -0.05) is 42.5 Å². The normalized spacial score (nSPS) is 10.4. The van der Waals surface area contributed by atoms with Crippen LogP contribution in [0.3, 0.4) is 0 Å². The van der Waals surface area contributed by atoms with Gasteiger partial charge in [0.1, 0.15) is 0 Å². The average Bonchev–Trinajstić information content (AvgIpc) is 2.63. The van der Waals surface area contributed by atoms with E-state index in [1.54, 1.807) is 24.3 Å². The van der Waals surface area contributed by atoms with Crippen LogP contribution in [0.2, 0.25) is 0 Å². The van der Waals surface area contributed by atoms with Crippen molar-refractivity contribution in [3.05, 3.63) is 71.3 Å². The Kier molecular flexibility index (Phi) is 7.66. The molecule has 0 aromatic heterocycles. The zero-order chi connectivity index (χ0) is 17.9. The molecule has 0 fully saturated rings. The molecule has 2 aromatic carbocycles. The molecule has 0 saturated carbocycles. The predicted octanol–water partition coefficient (Wildman–Crippen LogP) is 2.61. The van der Waals surface area contributed by atoms with Gasteiger partial charge in [0, 0.05) is 26.1 Å². The number of benzene rings is 2. The molecule has 0 radical (unpaired) electrons. The highest BCUT2D eigenvalue weighted by Crippen LogP contribution is 2.05. The summed E-state index contributed by atoms with van der Waals surface area (Å²) in [4.78, 5) is 22.5. The molecule has 0 aliphatic carbocycles. The van der Waals surface area contributed by atoms with Crippen molar-refractivity contribution in [1.82, 2.24) is 10.6 Å². The molecule has 0 unspecified atom stereocenters. The monoisotopic (exact) mass is 340 g/mol. The van der Waals surface area contributed by atoms with Crippen molar-refractivity contribution >= 4 is 11.9 Å². The molecule has 0 saturated heterocycles. The van der Waals surface area contributed by atoms with Crippen LogP contribution in [0.1, 0.15) is 34.3 Å². The van der Waals surface area contributed by atoms with E-state index in [1.165, 1.54) is 5.56 Å². The summed E-state index contributed by atoms with van der Waals surface area (Å²) in [5, 5.41) is 15.0. The van der Waals surface area contributed by atoms with Crippen molar-refractivity contribution in [3.8, 4) is 0 Å². The lowest BCUT2D eigenvalue weighted by molar-refractivity contribution is -0.121. The van der Waals surface area contributed by atoms with Crippen LogP contribution >= 0.6 is 0 Å². The van der Waals surface area contributed by atoms with Crippen molar-refractivity contribution in [1.29, 1.82) is 0 Å². The minimum Gasteiger partial charge on any atom is -0.478 e. The Labute approximate surface area is 148 Å². The first-order valence-electron chi connectivity index (χ1n) is 8.49. The lowest BCUT2D eigenvalue weighted by Gasteiger charge is -2.07. The Morgan fingerprint density at radius 3 is 2.28 bits per heavy atom. The third-order valence-electron chi connectivity index (χ3n) is 3.87. The smallest absolute Gasteiger partial charge is 0.335 e. The summed E-state index contributed by atoms with van der Waals surface area (Å²) in [5.74, 6) is -0.849. The third-order valence-corrected chi connectivity index (χ3v) is 3.87. The van der Waals surface area contributed by atoms with Gasteiger partial charge in [-0.15, -0.1) is 0 Å². The maximum atomic E-state index is 11.8. The van der Waals surface area contributed by atoms with Crippen LogP contribution in [0.15, 0.2) is 54.6 Å². The van der Waals surface area contributed by atoms with E-state index < -0.39 is 5.97 Å². The highest BCUT2D eigenvalue weighted by Gasteiger charge is 2.02. The second-order valence-corrected chi connectivity index (χ2v) is 5.87. The number of hydrogen-bond donors (Lipinski definition) is 3. The van der Waals surface area contributed by atoms with Gasteiger partial charge in [0.05, 0.1) is 5.56 Å². The summed E-state index contributed by atoms with van der Waals surface area (Å²) in [6.45, 7) is 1.90. The van der Waals surface area contributed by atoms with E-state index in [4.69, 9.17) is 5.11 Å². The Morgan fingerprint density at radius 2 is 1.60 bits per heavy atom. The van der Waals surface area contributed by atoms with E-state index in [-0.39, 0.29) is 11.5 Å². The first kappa shape index (κ1) is 18.7. The molecule has 1 amide bonds. The van der Waals surface area contributed by atoms with Crippen LogP contribution in [-0.2, 0) is 17.8 Å². The number of amides is 1. The second-order valence-electron chi connectivity index (χ2n) is 5.87. The van der Waals surface area contributed by atoms with Gasteiger partial charge < -0.3 is 15.7 Å². The van der Waals surface area contributed by atoms with Crippen LogP contribution in [0, 0.1) is 0 Å². The summed E-state index contributed by atoms with van der Waals surface area (Å²) in [5.41, 5.74) is 2.55. The zero-order valence-corrected chi connectivity index (χ0v) is 14.2. The van der Waals surface area contributed by atoms with Crippen LogP contribution in [0.25, 0.3) is 0 Å². The molecule has 0 bridgehead atoms. The summed E-state index contributed by atoms with van der Waals surface area (Å²) >= 11 is 0. The summed E-state index contributed by atoms with van der Waals surface area (Å²) in [6.07, 6.45) is 2.30. The summed E-state index contributed by atoms with van der Waals surface area (Å²) in [7, 11) is 0. The Morgan fingerprint density at radius 1 is 0.880 bits per heavy atom. The maximum absolute atomic E-state index is 11.8. The highest BCUT2D eigenvalue weighted by molar-refractivity contribution is 5.87. The molecule has 25 heavy (non-hydrogen) atoms. The van der Waals surface area contributed by atoms with E-state index in [1.807, 2.05) is 18.2 Å². The topological polar surface area (TPSA) is 78.4 Å². The molecule has 0 aliphatic rings. The van der Waals surface area contributed by atoms with Crippen molar-refractivity contribution < 1.29 is 14.7 Å². The number of carboxylic acid groups (broad SMARTS) is 1. The number of aryl methyl sites for hydroxylation is 1. The summed E-state index contributed by atoms with van der Waals surface area (Å²) in [6, 6.07) is 16.9. The second kappa shape index (κ2) is 10.3. The maximum Gasteiger partial charge on any atom is 0.335 e. The Bertz CT molecular complexity index is 669. The van der Waals surface area contributed by atoms with Crippen molar-refractivity contribution in [3.63, 3.8) is 0 Å². The number of carboxylic acids is 1. The van der Waals surface area contributed by atoms with Gasteiger partial charge in [0.2, 0.25) is 5.91 Å². The molecule has 5 nitrogen and oxygen atoms in total. The number of carbonyl (C=O) groups excluding carboxylic acids is 1. The van der Waals surface area contributed by atoms with Crippen molar-refractivity contribution in [2.45, 2.75) is 25.8 Å². The van der Waals surface area contributed by atoms with Crippen LogP contribution in [0.4, 0.5) is 0 Å². The fourth-order valence-corrected chi connectivity index (χ4v) is 2.47. The minimum atomic E-state index is -0.922. The molecule has 3 N–H and O–H groups in total. The molecule has 2 rings (SSSR count). The molecular weight excluding hydrogens is 316 g/mol. The van der Waals surface area contributed by atoms with Crippen molar-refractivity contribution in [2.24, 2.45) is 0 Å². The lowest BCUT2D eigenvalue weighted by atomic mass is 10.1. The Balaban J connectivity index is 1.53. The van der Waals surface area contributed by atoms with E-state index in [2.05, 4.69) is 22.8 Å². The van der Waals surface area contributed by atoms with E-state index >= 15 is 0 Å². The Hall–Kier alpha value is -2.66. The molecule has 0 aliphatic heterocycles. The SMILES string of the molecule is O=C(CCCc1ccccc1)NCCNCc1ccc(C(=O)O)cc1. The van der Waals surface area contributed by atoms with Gasteiger partial charge in [-0.3, -0.25) is 4.79 Å². The van der Waals surface area contributed by atoms with Crippen LogP contribution in [-0.4, -0.2) is 30.1 Å². The van der Waals surface area contributed by atoms with Crippen LogP contribution in [0.5, 0.6) is 0 Å². The number of aromatic carboxylic acids is 1. The van der Waals surface area contributed by atoms with E-state index in [0.717, 1.165) is 18.4 Å². The van der Waals surface area contributed by atoms with Gasteiger partial charge in [0.25, 0.3) is 0 Å². The standard InChI is InChI=1S/C20H24N2O3/c23-19(8-4-7-16-5-2-1-3-6-16)22-14-13-21-15-17-9-11-18(12-10-17)20(24)25/h1-3,5-6,9-12,21H,4,7-8,13-15H2,(H,22,23)(H,24,25). The quantitative estimate of drug-likeness (QED) is 0.581. The number of rotatable bonds is 10. The van der Waals surface area contributed by atoms with Crippen molar-refractivity contribution in [2.75, 3.05) is 13.1 Å². The molecule has 0 heterocycles. The number of nitrogens with one attached hydrogen (secondary N) is 2. The average molecular weight is 340 g/mol. The third kappa shape index (κ3) is 7.18. The first-order chi connectivity index (χ1) is 12.1. The van der Waals surface area contributed by atoms with Crippen LogP contribution < -0.4 is 10.6 Å². The van der Waals surface area contributed by atoms with Gasteiger partial charge in [0.15, 0.2) is 0 Å². The molecule has 132 valence electrons. The molecule has 5 heteroatoms. The molecular formula is C20H24N2O3. The van der Waals surface area contributed by atoms with Gasteiger partial charge in [-0.25, -0.2) is 4.79 Å². The van der Waals surface area contributed by atoms with E-state index in [9.17, 15) is 9.59 Å². The predicted molar refractivity (Wildman–Crippen MR) is 97.5 cm³/mol. The number of hydrogen-bond acceptors (Lipinski definition) is 3. The van der Waals surface area contributed by atoms with Gasteiger partial charge in [-0.2, -0.15) is 0 Å². The van der Waals surface area contributed by atoms with Gasteiger partial charge in [-0.05, 0) is 36.1 Å². The molecule has 0 spiro atoms. The summed E-state index contributed by atoms with van der Waals surface area (Å²) < 4.78 is 0. The fourth-order valence-electron chi connectivity index (χ4n) is 2.47. The number of carbonyl (C=O) groups is 2. The van der Waals surface area contributed by atoms with E-state index in [0.29, 0.717) is 26.1 Å². The molecule has 2 aromatic rings. The highest BCUT2D eigenvalue weighted by atomic mass is 16.4. The first-order valence-corrected chi connectivity index (χ1v) is 8.49. The zero-order valence-electron chi connectivity index (χ0n) is 14.2.